The minimum absolute atomic E-state index is 0.118. The van der Waals surface area contributed by atoms with Crippen molar-refractivity contribution in [2.45, 2.75) is 0 Å². The number of urea groups is 1. The van der Waals surface area contributed by atoms with E-state index in [0.717, 1.165) is 10.5 Å². The monoisotopic (exact) mass is 348 g/mol. The third kappa shape index (κ3) is 3.54. The number of nitrogens with zero attached hydrogens (tertiary/aromatic N) is 1. The summed E-state index contributed by atoms with van der Waals surface area (Å²) in [5, 5.41) is 2.18. The van der Waals surface area contributed by atoms with E-state index in [-0.39, 0.29) is 5.57 Å². The Kier molecular flexibility index (Phi) is 4.94. The van der Waals surface area contributed by atoms with E-state index in [4.69, 9.17) is 4.74 Å². The summed E-state index contributed by atoms with van der Waals surface area (Å²) in [5.41, 5.74) is 1.16. The van der Waals surface area contributed by atoms with Crippen LogP contribution in [0.2, 0.25) is 0 Å². The van der Waals surface area contributed by atoms with E-state index in [0.29, 0.717) is 11.4 Å². The standard InChI is InChI=1S/C20H16N2O4/c1-26-16-12-10-15(11-13-16)22-19(24)17(18(23)21-20(22)25)9-5-8-14-6-3-2-4-7-14/h2-13H,1H3,(H,21,23,25)/b8-5+,17-9-. The van der Waals surface area contributed by atoms with Crippen molar-refractivity contribution in [2.75, 3.05) is 12.0 Å². The third-order valence-electron chi connectivity index (χ3n) is 3.78. The molecule has 0 spiro atoms. The number of amides is 4. The van der Waals surface area contributed by atoms with Gasteiger partial charge in [-0.05, 0) is 35.9 Å². The van der Waals surface area contributed by atoms with E-state index in [1.54, 1.807) is 36.4 Å². The van der Waals surface area contributed by atoms with Gasteiger partial charge in [0, 0.05) is 0 Å². The molecule has 0 aliphatic carbocycles. The topological polar surface area (TPSA) is 75.7 Å². The van der Waals surface area contributed by atoms with Crippen LogP contribution < -0.4 is 15.0 Å². The van der Waals surface area contributed by atoms with Crippen molar-refractivity contribution in [3.63, 3.8) is 0 Å². The average Bonchev–Trinajstić information content (AvgIpc) is 2.65. The maximum absolute atomic E-state index is 12.7. The largest absolute Gasteiger partial charge is 0.497 e. The van der Waals surface area contributed by atoms with Crippen LogP contribution >= 0.6 is 0 Å². The molecule has 3 rings (SSSR count). The van der Waals surface area contributed by atoms with E-state index in [1.807, 2.05) is 30.3 Å². The molecule has 0 radical (unpaired) electrons. The molecule has 2 aromatic carbocycles. The summed E-state index contributed by atoms with van der Waals surface area (Å²) in [5.74, 6) is -0.805. The van der Waals surface area contributed by atoms with Crippen molar-refractivity contribution in [3.8, 4) is 5.75 Å². The van der Waals surface area contributed by atoms with Crippen LogP contribution in [0.1, 0.15) is 5.56 Å². The molecule has 6 nitrogen and oxygen atoms in total. The van der Waals surface area contributed by atoms with Gasteiger partial charge in [-0.25, -0.2) is 9.69 Å². The van der Waals surface area contributed by atoms with Crippen molar-refractivity contribution in [2.24, 2.45) is 0 Å². The van der Waals surface area contributed by atoms with Crippen molar-refractivity contribution in [1.82, 2.24) is 5.32 Å². The van der Waals surface area contributed by atoms with Gasteiger partial charge in [0.25, 0.3) is 11.8 Å². The maximum atomic E-state index is 12.7. The molecule has 1 heterocycles. The highest BCUT2D eigenvalue weighted by atomic mass is 16.5. The van der Waals surface area contributed by atoms with Gasteiger partial charge in [0.2, 0.25) is 0 Å². The van der Waals surface area contributed by atoms with Crippen molar-refractivity contribution >= 4 is 29.6 Å². The second kappa shape index (κ2) is 7.48. The SMILES string of the molecule is COc1ccc(N2C(=O)NC(=O)/C(=C/C=C/c3ccccc3)C2=O)cc1. The van der Waals surface area contributed by atoms with Gasteiger partial charge in [0.1, 0.15) is 11.3 Å². The number of hydrogen-bond donors (Lipinski definition) is 1. The molecular weight excluding hydrogens is 332 g/mol. The van der Waals surface area contributed by atoms with Crippen LogP contribution in [0, 0.1) is 0 Å². The summed E-state index contributed by atoms with van der Waals surface area (Å²) in [7, 11) is 1.52. The van der Waals surface area contributed by atoms with Gasteiger partial charge in [-0.1, -0.05) is 42.5 Å². The Morgan fingerprint density at radius 2 is 1.65 bits per heavy atom. The second-order valence-electron chi connectivity index (χ2n) is 5.45. The predicted molar refractivity (Wildman–Crippen MR) is 97.6 cm³/mol. The number of barbiturate groups is 1. The first kappa shape index (κ1) is 17.2. The Labute approximate surface area is 150 Å². The van der Waals surface area contributed by atoms with Gasteiger partial charge in [0.05, 0.1) is 12.8 Å². The number of carbonyl (C=O) groups is 3. The fourth-order valence-electron chi connectivity index (χ4n) is 2.46. The average molecular weight is 348 g/mol. The number of imide groups is 2. The molecule has 0 atom stereocenters. The molecule has 130 valence electrons. The molecule has 0 saturated carbocycles. The van der Waals surface area contributed by atoms with E-state index in [2.05, 4.69) is 5.32 Å². The summed E-state index contributed by atoms with van der Waals surface area (Å²) in [6.45, 7) is 0. The van der Waals surface area contributed by atoms with E-state index in [9.17, 15) is 14.4 Å². The zero-order valence-electron chi connectivity index (χ0n) is 14.0. The van der Waals surface area contributed by atoms with Gasteiger partial charge < -0.3 is 4.74 Å². The van der Waals surface area contributed by atoms with Gasteiger partial charge in [-0.15, -0.1) is 0 Å². The number of hydrogen-bond acceptors (Lipinski definition) is 4. The highest BCUT2D eigenvalue weighted by Gasteiger charge is 2.36. The first-order valence-electron chi connectivity index (χ1n) is 7.87. The number of rotatable bonds is 4. The van der Waals surface area contributed by atoms with Crippen LogP contribution in [0.4, 0.5) is 10.5 Å². The van der Waals surface area contributed by atoms with Crippen LogP contribution in [0.3, 0.4) is 0 Å². The number of carbonyl (C=O) groups excluding carboxylic acids is 3. The molecular formula is C20H16N2O4. The lowest BCUT2D eigenvalue weighted by Crippen LogP contribution is -2.54. The minimum Gasteiger partial charge on any atom is -0.497 e. The van der Waals surface area contributed by atoms with Crippen LogP contribution in [-0.4, -0.2) is 25.0 Å². The van der Waals surface area contributed by atoms with Gasteiger partial charge in [-0.2, -0.15) is 0 Å². The highest BCUT2D eigenvalue weighted by molar-refractivity contribution is 6.37. The lowest BCUT2D eigenvalue weighted by molar-refractivity contribution is -0.122. The molecule has 1 aliphatic heterocycles. The number of allylic oxidation sites excluding steroid dienone is 2. The van der Waals surface area contributed by atoms with Gasteiger partial charge in [-0.3, -0.25) is 14.9 Å². The molecule has 2 aromatic rings. The van der Waals surface area contributed by atoms with Crippen LogP contribution in [0.5, 0.6) is 5.75 Å². The van der Waals surface area contributed by atoms with Crippen LogP contribution in [-0.2, 0) is 9.59 Å². The minimum atomic E-state index is -0.783. The summed E-state index contributed by atoms with van der Waals surface area (Å²) >= 11 is 0. The molecule has 1 saturated heterocycles. The quantitative estimate of drug-likeness (QED) is 0.681. The Hall–Kier alpha value is -3.67. The zero-order chi connectivity index (χ0) is 18.5. The van der Waals surface area contributed by atoms with E-state index >= 15 is 0 Å². The van der Waals surface area contributed by atoms with E-state index in [1.165, 1.54) is 13.2 Å². The van der Waals surface area contributed by atoms with Crippen molar-refractivity contribution in [1.29, 1.82) is 0 Å². The summed E-state index contributed by atoms with van der Waals surface area (Å²) in [6.07, 6.45) is 4.76. The number of anilines is 1. The van der Waals surface area contributed by atoms with Crippen LogP contribution in [0.15, 0.2) is 72.3 Å². The Balaban J connectivity index is 1.87. The lowest BCUT2D eigenvalue weighted by Gasteiger charge is -2.26. The first-order valence-corrected chi connectivity index (χ1v) is 7.87. The molecule has 1 N–H and O–H groups in total. The highest BCUT2D eigenvalue weighted by Crippen LogP contribution is 2.23. The smallest absolute Gasteiger partial charge is 0.335 e. The molecule has 0 aromatic heterocycles. The Morgan fingerprint density at radius 3 is 2.31 bits per heavy atom. The second-order valence-corrected chi connectivity index (χ2v) is 5.45. The first-order chi connectivity index (χ1) is 12.6. The third-order valence-corrected chi connectivity index (χ3v) is 3.78. The van der Waals surface area contributed by atoms with Crippen LogP contribution in [0.25, 0.3) is 6.08 Å². The fraction of sp³-hybridized carbons (Fsp3) is 0.0500. The summed E-state index contributed by atoms with van der Waals surface area (Å²) in [4.78, 5) is 37.7. The molecule has 1 aliphatic rings. The number of ether oxygens (including phenoxy) is 1. The lowest BCUT2D eigenvalue weighted by atomic mass is 10.1. The molecule has 26 heavy (non-hydrogen) atoms. The molecule has 0 bridgehead atoms. The molecule has 6 heteroatoms. The van der Waals surface area contributed by atoms with Gasteiger partial charge >= 0.3 is 6.03 Å². The Bertz CT molecular complexity index is 899. The maximum Gasteiger partial charge on any atom is 0.335 e. The molecule has 1 fully saturated rings. The number of methoxy groups -OCH3 is 1. The summed E-state index contributed by atoms with van der Waals surface area (Å²) in [6, 6.07) is 15.1. The zero-order valence-corrected chi connectivity index (χ0v) is 14.0. The molecule has 4 amide bonds. The van der Waals surface area contributed by atoms with Crippen molar-refractivity contribution in [3.05, 3.63) is 77.9 Å². The number of benzene rings is 2. The summed E-state index contributed by atoms with van der Waals surface area (Å²) < 4.78 is 5.06. The normalized spacial score (nSPS) is 16.3. The fourth-order valence-corrected chi connectivity index (χ4v) is 2.46. The van der Waals surface area contributed by atoms with Gasteiger partial charge in [0.15, 0.2) is 0 Å². The van der Waals surface area contributed by atoms with E-state index < -0.39 is 17.8 Å². The van der Waals surface area contributed by atoms with Crippen molar-refractivity contribution < 1.29 is 19.1 Å². The molecule has 0 unspecified atom stereocenters. The predicted octanol–water partition coefficient (Wildman–Crippen LogP) is 2.92. The number of nitrogens with one attached hydrogen (secondary N) is 1. The Morgan fingerprint density at radius 1 is 0.962 bits per heavy atom.